The number of pyridine rings is 1. The van der Waals surface area contributed by atoms with E-state index in [9.17, 15) is 4.79 Å². The van der Waals surface area contributed by atoms with Crippen LogP contribution in [0.25, 0.3) is 0 Å². The van der Waals surface area contributed by atoms with Gasteiger partial charge in [-0.1, -0.05) is 13.0 Å². The number of nitrogens with zero attached hydrogens (tertiary/aromatic N) is 1. The first-order chi connectivity index (χ1) is 6.81. The summed E-state index contributed by atoms with van der Waals surface area (Å²) in [6.45, 7) is 2.06. The average molecular weight is 189 g/mol. The predicted molar refractivity (Wildman–Crippen MR) is 55.3 cm³/mol. The van der Waals surface area contributed by atoms with E-state index >= 15 is 0 Å². The minimum Gasteiger partial charge on any atom is -0.292 e. The minimum absolute atomic E-state index is 0.227. The Morgan fingerprint density at radius 1 is 1.57 bits per heavy atom. The zero-order chi connectivity index (χ0) is 9.97. The maximum Gasteiger partial charge on any atom is 0.181 e. The Balaban J connectivity index is 2.16. The lowest BCUT2D eigenvalue weighted by atomic mass is 10.0. The molecule has 0 N–H and O–H groups in total. The van der Waals surface area contributed by atoms with Crippen molar-refractivity contribution in [3.63, 3.8) is 0 Å². The van der Waals surface area contributed by atoms with E-state index in [0.29, 0.717) is 18.0 Å². The van der Waals surface area contributed by atoms with Gasteiger partial charge < -0.3 is 0 Å². The van der Waals surface area contributed by atoms with Crippen LogP contribution < -0.4 is 0 Å². The molecule has 14 heavy (non-hydrogen) atoms. The van der Waals surface area contributed by atoms with Crippen molar-refractivity contribution in [1.82, 2.24) is 4.98 Å². The Morgan fingerprint density at radius 2 is 2.36 bits per heavy atom. The summed E-state index contributed by atoms with van der Waals surface area (Å²) in [5.74, 6) is 0.874. The molecular weight excluding hydrogens is 174 g/mol. The van der Waals surface area contributed by atoms with Crippen molar-refractivity contribution >= 4 is 5.78 Å². The van der Waals surface area contributed by atoms with Crippen molar-refractivity contribution in [2.45, 2.75) is 32.6 Å². The van der Waals surface area contributed by atoms with Crippen LogP contribution in [0.4, 0.5) is 0 Å². The van der Waals surface area contributed by atoms with Crippen LogP contribution in [0.15, 0.2) is 18.3 Å². The summed E-state index contributed by atoms with van der Waals surface area (Å²) in [6, 6.07) is 3.89. The molecule has 2 nitrogen and oxygen atoms in total. The van der Waals surface area contributed by atoms with Crippen molar-refractivity contribution in [2.24, 2.45) is 5.92 Å². The SMILES string of the molecule is CCc1cccnc1C(=O)CC1CC1. The van der Waals surface area contributed by atoms with Crippen LogP contribution in [0, 0.1) is 5.92 Å². The molecule has 74 valence electrons. The smallest absolute Gasteiger partial charge is 0.181 e. The molecule has 0 bridgehead atoms. The van der Waals surface area contributed by atoms with Crippen LogP contribution in [-0.2, 0) is 6.42 Å². The van der Waals surface area contributed by atoms with E-state index in [2.05, 4.69) is 11.9 Å². The fraction of sp³-hybridized carbons (Fsp3) is 0.500. The number of Topliss-reactive ketones (excluding diaryl/α,β-unsaturated/α-hetero) is 1. The Morgan fingerprint density at radius 3 is 3.00 bits per heavy atom. The number of aromatic nitrogens is 1. The number of carbonyl (C=O) groups is 1. The van der Waals surface area contributed by atoms with Crippen LogP contribution in [0.3, 0.4) is 0 Å². The predicted octanol–water partition coefficient (Wildman–Crippen LogP) is 2.63. The van der Waals surface area contributed by atoms with Gasteiger partial charge in [0.25, 0.3) is 0 Å². The molecule has 1 fully saturated rings. The Kier molecular flexibility index (Phi) is 2.62. The van der Waals surface area contributed by atoms with Crippen molar-refractivity contribution < 1.29 is 4.79 Å². The monoisotopic (exact) mass is 189 g/mol. The van der Waals surface area contributed by atoms with E-state index in [-0.39, 0.29) is 5.78 Å². The second-order valence-corrected chi connectivity index (χ2v) is 3.94. The highest BCUT2D eigenvalue weighted by atomic mass is 16.1. The standard InChI is InChI=1S/C12H15NO/c1-2-10-4-3-7-13-12(10)11(14)8-9-5-6-9/h3-4,7,9H,2,5-6,8H2,1H3. The van der Waals surface area contributed by atoms with Crippen LogP contribution in [0.1, 0.15) is 42.2 Å². The fourth-order valence-electron chi connectivity index (χ4n) is 1.66. The third-order valence-corrected chi connectivity index (χ3v) is 2.71. The minimum atomic E-state index is 0.227. The van der Waals surface area contributed by atoms with Crippen LogP contribution in [0.2, 0.25) is 0 Å². The highest BCUT2D eigenvalue weighted by Gasteiger charge is 2.26. The molecule has 0 saturated heterocycles. The van der Waals surface area contributed by atoms with Crippen molar-refractivity contribution in [1.29, 1.82) is 0 Å². The summed E-state index contributed by atoms with van der Waals surface area (Å²) in [7, 11) is 0. The molecule has 1 saturated carbocycles. The second-order valence-electron chi connectivity index (χ2n) is 3.94. The molecule has 1 heterocycles. The molecule has 0 unspecified atom stereocenters. The third-order valence-electron chi connectivity index (χ3n) is 2.71. The van der Waals surface area contributed by atoms with E-state index in [1.54, 1.807) is 6.20 Å². The maximum absolute atomic E-state index is 11.8. The molecule has 1 aromatic rings. The number of hydrogen-bond donors (Lipinski definition) is 0. The molecule has 1 aromatic heterocycles. The van der Waals surface area contributed by atoms with Crippen LogP contribution in [-0.4, -0.2) is 10.8 Å². The average Bonchev–Trinajstić information content (AvgIpc) is 3.01. The molecule has 0 radical (unpaired) electrons. The molecule has 0 aliphatic heterocycles. The first kappa shape index (κ1) is 9.38. The molecule has 0 amide bonds. The Bertz CT molecular complexity index is 342. The summed E-state index contributed by atoms with van der Waals surface area (Å²) in [4.78, 5) is 16.0. The van der Waals surface area contributed by atoms with Crippen LogP contribution in [0.5, 0.6) is 0 Å². The highest BCUT2D eigenvalue weighted by Crippen LogP contribution is 2.33. The number of ketones is 1. The maximum atomic E-state index is 11.8. The second kappa shape index (κ2) is 3.91. The largest absolute Gasteiger partial charge is 0.292 e. The Hall–Kier alpha value is -1.18. The zero-order valence-electron chi connectivity index (χ0n) is 8.49. The summed E-state index contributed by atoms with van der Waals surface area (Å²) in [5.41, 5.74) is 1.78. The van der Waals surface area contributed by atoms with E-state index < -0.39 is 0 Å². The molecule has 0 atom stereocenters. The number of hydrogen-bond acceptors (Lipinski definition) is 2. The van der Waals surface area contributed by atoms with Gasteiger partial charge in [-0.2, -0.15) is 0 Å². The van der Waals surface area contributed by atoms with Gasteiger partial charge in [0, 0.05) is 12.6 Å². The first-order valence-corrected chi connectivity index (χ1v) is 5.28. The summed E-state index contributed by atoms with van der Waals surface area (Å²) >= 11 is 0. The van der Waals surface area contributed by atoms with E-state index in [1.807, 2.05) is 12.1 Å². The fourth-order valence-corrected chi connectivity index (χ4v) is 1.66. The topological polar surface area (TPSA) is 30.0 Å². The lowest BCUT2D eigenvalue weighted by Crippen LogP contribution is -2.06. The molecule has 2 heteroatoms. The molecule has 0 spiro atoms. The molecule has 1 aliphatic rings. The van der Waals surface area contributed by atoms with Gasteiger partial charge in [0.05, 0.1) is 0 Å². The van der Waals surface area contributed by atoms with E-state index in [1.165, 1.54) is 12.8 Å². The van der Waals surface area contributed by atoms with Gasteiger partial charge >= 0.3 is 0 Å². The van der Waals surface area contributed by atoms with Gasteiger partial charge in [-0.3, -0.25) is 9.78 Å². The van der Waals surface area contributed by atoms with Gasteiger partial charge in [-0.15, -0.1) is 0 Å². The van der Waals surface area contributed by atoms with Crippen molar-refractivity contribution in [2.75, 3.05) is 0 Å². The lowest BCUT2D eigenvalue weighted by molar-refractivity contribution is 0.0970. The lowest BCUT2D eigenvalue weighted by Gasteiger charge is -2.04. The number of aryl methyl sites for hydroxylation is 1. The third kappa shape index (κ3) is 2.00. The summed E-state index contributed by atoms with van der Waals surface area (Å²) in [6.07, 6.45) is 5.74. The van der Waals surface area contributed by atoms with Gasteiger partial charge in [-0.05, 0) is 36.8 Å². The zero-order valence-corrected chi connectivity index (χ0v) is 8.49. The van der Waals surface area contributed by atoms with E-state index in [0.717, 1.165) is 12.0 Å². The number of carbonyl (C=O) groups excluding carboxylic acids is 1. The van der Waals surface area contributed by atoms with Gasteiger partial charge in [0.15, 0.2) is 5.78 Å². The van der Waals surface area contributed by atoms with Gasteiger partial charge in [0.2, 0.25) is 0 Å². The normalized spacial score (nSPS) is 15.5. The van der Waals surface area contributed by atoms with Crippen molar-refractivity contribution in [3.8, 4) is 0 Å². The van der Waals surface area contributed by atoms with Gasteiger partial charge in [0.1, 0.15) is 5.69 Å². The summed E-state index contributed by atoms with van der Waals surface area (Å²) < 4.78 is 0. The number of rotatable bonds is 4. The van der Waals surface area contributed by atoms with Crippen LogP contribution >= 0.6 is 0 Å². The van der Waals surface area contributed by atoms with E-state index in [4.69, 9.17) is 0 Å². The summed E-state index contributed by atoms with van der Waals surface area (Å²) in [5, 5.41) is 0. The first-order valence-electron chi connectivity index (χ1n) is 5.28. The quantitative estimate of drug-likeness (QED) is 0.681. The molecular formula is C12H15NO. The molecule has 1 aliphatic carbocycles. The Labute approximate surface area is 84.4 Å². The van der Waals surface area contributed by atoms with Crippen molar-refractivity contribution in [3.05, 3.63) is 29.6 Å². The van der Waals surface area contributed by atoms with Gasteiger partial charge in [-0.25, -0.2) is 0 Å². The molecule has 0 aromatic carbocycles. The molecule has 2 rings (SSSR count). The highest BCUT2D eigenvalue weighted by molar-refractivity contribution is 5.95.